The predicted octanol–water partition coefficient (Wildman–Crippen LogP) is 6.74. The quantitative estimate of drug-likeness (QED) is 0.153. The zero-order valence-electron chi connectivity index (χ0n) is 19.4. The Labute approximate surface area is 228 Å². The van der Waals surface area contributed by atoms with Crippen LogP contribution in [-0.2, 0) is 18.0 Å². The molecule has 0 saturated heterocycles. The molecule has 0 fully saturated rings. The maximum atomic E-state index is 9.57. The molecular weight excluding hydrogens is 602 g/mol. The summed E-state index contributed by atoms with van der Waals surface area (Å²) >= 11 is 14.3. The van der Waals surface area contributed by atoms with Crippen LogP contribution < -0.4 is 14.9 Å². The van der Waals surface area contributed by atoms with E-state index in [0.717, 1.165) is 26.0 Å². The van der Waals surface area contributed by atoms with E-state index in [2.05, 4.69) is 44.2 Å². The fourth-order valence-electron chi connectivity index (χ4n) is 3.23. The number of nitrogens with one attached hydrogen (secondary N) is 1. The molecule has 0 unspecified atom stereocenters. The van der Waals surface area contributed by atoms with Gasteiger partial charge in [-0.25, -0.2) is 4.98 Å². The largest absolute Gasteiger partial charge is 0.490 e. The number of aromatic nitrogens is 1. The van der Waals surface area contributed by atoms with Crippen LogP contribution >= 0.6 is 45.8 Å². The number of halogens is 3. The zero-order valence-corrected chi connectivity index (χ0v) is 23.0. The number of benzene rings is 2. The maximum Gasteiger partial charge on any atom is 0.175 e. The third-order valence-electron chi connectivity index (χ3n) is 4.72. The molecule has 0 atom stereocenters. The highest BCUT2D eigenvalue weighted by Crippen LogP contribution is 2.35. The molecule has 0 saturated carbocycles. The van der Waals surface area contributed by atoms with Crippen LogP contribution in [0.15, 0.2) is 41.5 Å². The lowest BCUT2D eigenvalue weighted by atomic mass is 10.1. The molecule has 7 nitrogen and oxygen atoms in total. The van der Waals surface area contributed by atoms with Crippen molar-refractivity contribution in [1.82, 2.24) is 4.98 Å². The van der Waals surface area contributed by atoms with Gasteiger partial charge in [-0.3, -0.25) is 5.43 Å². The molecule has 0 spiro atoms. The summed E-state index contributed by atoms with van der Waals surface area (Å²) in [6.45, 7) is 4.84. The van der Waals surface area contributed by atoms with Gasteiger partial charge in [-0.1, -0.05) is 29.3 Å². The number of nitriles is 1. The number of anilines is 1. The van der Waals surface area contributed by atoms with Crippen LogP contribution in [-0.4, -0.2) is 24.9 Å². The summed E-state index contributed by atoms with van der Waals surface area (Å²) in [6.07, 6.45) is 1.63. The summed E-state index contributed by atoms with van der Waals surface area (Å²) < 4.78 is 17.9. The normalized spacial score (nSPS) is 10.9. The Morgan fingerprint density at radius 2 is 1.94 bits per heavy atom. The van der Waals surface area contributed by atoms with Crippen LogP contribution in [0, 0.1) is 21.8 Å². The monoisotopic (exact) mass is 624 g/mol. The third kappa shape index (κ3) is 7.21. The highest BCUT2D eigenvalue weighted by atomic mass is 127. The van der Waals surface area contributed by atoms with Crippen LogP contribution in [0.25, 0.3) is 0 Å². The highest BCUT2D eigenvalue weighted by molar-refractivity contribution is 14.1. The number of nitrogens with zero attached hydrogens (tertiary/aromatic N) is 3. The van der Waals surface area contributed by atoms with Crippen molar-refractivity contribution in [3.63, 3.8) is 0 Å². The van der Waals surface area contributed by atoms with Gasteiger partial charge < -0.3 is 14.2 Å². The summed E-state index contributed by atoms with van der Waals surface area (Å²) in [5.41, 5.74) is 6.45. The summed E-state index contributed by atoms with van der Waals surface area (Å²) in [6, 6.07) is 13.1. The number of hydrogen-bond acceptors (Lipinski definition) is 7. The molecule has 10 heteroatoms. The Morgan fingerprint density at radius 1 is 1.14 bits per heavy atom. The van der Waals surface area contributed by atoms with Gasteiger partial charge in [-0.15, -0.1) is 0 Å². The first-order valence-electron chi connectivity index (χ1n) is 10.6. The van der Waals surface area contributed by atoms with Crippen molar-refractivity contribution < 1.29 is 14.2 Å². The summed E-state index contributed by atoms with van der Waals surface area (Å²) in [7, 11) is 1.58. The molecule has 2 aromatic carbocycles. The number of rotatable bonds is 10. The number of methoxy groups -OCH3 is 1. The van der Waals surface area contributed by atoms with E-state index < -0.39 is 0 Å². The van der Waals surface area contributed by atoms with E-state index in [0.29, 0.717) is 52.7 Å². The number of pyridine rings is 1. The van der Waals surface area contributed by atoms with E-state index in [4.69, 9.17) is 37.4 Å². The van der Waals surface area contributed by atoms with Crippen LogP contribution in [0.5, 0.6) is 11.5 Å². The van der Waals surface area contributed by atoms with Gasteiger partial charge in [0.1, 0.15) is 18.2 Å². The van der Waals surface area contributed by atoms with Crippen molar-refractivity contribution in [3.05, 3.63) is 78.0 Å². The molecule has 182 valence electrons. The Balaban J connectivity index is 1.81. The van der Waals surface area contributed by atoms with Crippen LogP contribution in [0.3, 0.4) is 0 Å². The fraction of sp³-hybridized carbons (Fsp3) is 0.240. The van der Waals surface area contributed by atoms with Crippen molar-refractivity contribution in [2.45, 2.75) is 27.1 Å². The fourth-order valence-corrected chi connectivity index (χ4v) is 4.34. The van der Waals surface area contributed by atoms with Crippen molar-refractivity contribution in [2.24, 2.45) is 5.10 Å². The third-order valence-corrected chi connectivity index (χ3v) is 6.26. The molecule has 0 aliphatic rings. The highest BCUT2D eigenvalue weighted by Gasteiger charge is 2.14. The van der Waals surface area contributed by atoms with Crippen LogP contribution in [0.1, 0.15) is 34.9 Å². The number of aryl methyl sites for hydroxylation is 1. The van der Waals surface area contributed by atoms with Gasteiger partial charge in [-0.2, -0.15) is 10.4 Å². The van der Waals surface area contributed by atoms with Gasteiger partial charge in [0.2, 0.25) is 0 Å². The number of ether oxygens (including phenoxy) is 3. The molecule has 0 aliphatic heterocycles. The summed E-state index contributed by atoms with van der Waals surface area (Å²) in [4.78, 5) is 4.39. The van der Waals surface area contributed by atoms with Crippen LogP contribution in [0.4, 0.5) is 5.82 Å². The van der Waals surface area contributed by atoms with Crippen molar-refractivity contribution in [1.29, 1.82) is 5.26 Å². The van der Waals surface area contributed by atoms with Crippen molar-refractivity contribution >= 4 is 57.8 Å². The Hall–Kier alpha value is -2.58. The molecule has 1 heterocycles. The van der Waals surface area contributed by atoms with Gasteiger partial charge in [-0.05, 0) is 77.9 Å². The first kappa shape index (κ1) is 27.0. The van der Waals surface area contributed by atoms with E-state index in [1.807, 2.05) is 38.1 Å². The van der Waals surface area contributed by atoms with Crippen molar-refractivity contribution in [2.75, 3.05) is 19.1 Å². The predicted molar refractivity (Wildman–Crippen MR) is 147 cm³/mol. The van der Waals surface area contributed by atoms with Gasteiger partial charge >= 0.3 is 0 Å². The lowest BCUT2D eigenvalue weighted by Gasteiger charge is -2.15. The smallest absolute Gasteiger partial charge is 0.175 e. The maximum absolute atomic E-state index is 9.57. The standard InChI is InChI=1S/C25H23Cl2IN4O3/c1-4-34-23-10-17(9-22(28)24(23)35-13-16-5-6-20(26)21(27)8-16)12-30-32-25-19(11-29)18(14-33-3)7-15(2)31-25/h5-10,12H,4,13-14H2,1-3H3,(H,31,32)/b30-12+. The second kappa shape index (κ2) is 12.9. The topological polar surface area (TPSA) is 88.8 Å². The summed E-state index contributed by atoms with van der Waals surface area (Å²) in [5.74, 6) is 1.59. The molecule has 0 bridgehead atoms. The average Bonchev–Trinajstić information content (AvgIpc) is 2.81. The molecule has 1 aromatic heterocycles. The van der Waals surface area contributed by atoms with Crippen molar-refractivity contribution in [3.8, 4) is 17.6 Å². The van der Waals surface area contributed by atoms with Gasteiger partial charge in [0.15, 0.2) is 17.3 Å². The number of hydrazone groups is 1. The average molecular weight is 625 g/mol. The Bertz CT molecular complexity index is 1280. The molecule has 35 heavy (non-hydrogen) atoms. The van der Waals surface area contributed by atoms with E-state index in [1.165, 1.54) is 0 Å². The van der Waals surface area contributed by atoms with E-state index >= 15 is 0 Å². The second-order valence-electron chi connectivity index (χ2n) is 7.36. The SMILES string of the molecule is CCOc1cc(/C=N/Nc2nc(C)cc(COC)c2C#N)cc(I)c1OCc1ccc(Cl)c(Cl)c1. The zero-order chi connectivity index (χ0) is 25.4. The summed E-state index contributed by atoms with van der Waals surface area (Å²) in [5, 5.41) is 14.8. The minimum Gasteiger partial charge on any atom is -0.490 e. The molecular formula is C25H23Cl2IN4O3. The first-order valence-corrected chi connectivity index (χ1v) is 12.4. The van der Waals surface area contributed by atoms with Gasteiger partial charge in [0, 0.05) is 18.4 Å². The lowest BCUT2D eigenvalue weighted by molar-refractivity contribution is 0.184. The molecule has 1 N–H and O–H groups in total. The molecule has 0 aliphatic carbocycles. The van der Waals surface area contributed by atoms with E-state index in [-0.39, 0.29) is 0 Å². The van der Waals surface area contributed by atoms with E-state index in [1.54, 1.807) is 25.5 Å². The number of hydrogen-bond donors (Lipinski definition) is 1. The second-order valence-corrected chi connectivity index (χ2v) is 9.34. The molecule has 3 rings (SSSR count). The van der Waals surface area contributed by atoms with Gasteiger partial charge in [0.25, 0.3) is 0 Å². The Morgan fingerprint density at radius 3 is 2.63 bits per heavy atom. The minimum absolute atomic E-state index is 0.307. The lowest BCUT2D eigenvalue weighted by Crippen LogP contribution is -2.04. The minimum atomic E-state index is 0.307. The van der Waals surface area contributed by atoms with Gasteiger partial charge in [0.05, 0.1) is 33.0 Å². The molecule has 0 radical (unpaired) electrons. The van der Waals surface area contributed by atoms with E-state index in [9.17, 15) is 5.26 Å². The molecule has 0 amide bonds. The van der Waals surface area contributed by atoms with Crippen LogP contribution in [0.2, 0.25) is 10.0 Å². The first-order chi connectivity index (χ1) is 16.9. The Kier molecular flexibility index (Phi) is 9.98. The molecule has 3 aromatic rings.